The fourth-order valence-electron chi connectivity index (χ4n) is 3.97. The van der Waals surface area contributed by atoms with Crippen LogP contribution in [0.25, 0.3) is 16.7 Å². The highest BCUT2D eigenvalue weighted by atomic mass is 32.2. The number of hydrogen-bond acceptors (Lipinski definition) is 8. The summed E-state index contributed by atoms with van der Waals surface area (Å²) in [7, 11) is -1.40. The van der Waals surface area contributed by atoms with E-state index in [0.717, 1.165) is 28.1 Å². The summed E-state index contributed by atoms with van der Waals surface area (Å²) in [6.07, 6.45) is 4.67. The lowest BCUT2D eigenvalue weighted by Crippen LogP contribution is -2.23. The standard InChI is InChI=1S/C27H24N6O4S2/c1-17-22-12-13-23(34)33(24(22)31-26(30-17)38-27-28-14-15-32(27)2)20-8-6-19(7-9-20)25(35)29-16-18-4-10-21(11-5-18)39(3,36)37/h4-15H,16H2,1-3H3,(H,29,35). The summed E-state index contributed by atoms with van der Waals surface area (Å²) in [5.41, 5.74) is 2.67. The Balaban J connectivity index is 1.39. The van der Waals surface area contributed by atoms with Crippen molar-refractivity contribution in [2.24, 2.45) is 7.05 Å². The summed E-state index contributed by atoms with van der Waals surface area (Å²) in [5.74, 6) is -0.300. The molecule has 3 heterocycles. The number of benzene rings is 2. The number of carbonyl (C=O) groups is 1. The Bertz CT molecular complexity index is 1860. The summed E-state index contributed by atoms with van der Waals surface area (Å²) >= 11 is 1.30. The molecule has 2 aromatic carbocycles. The molecule has 0 aliphatic carbocycles. The molecule has 0 atom stereocenters. The number of aromatic nitrogens is 5. The molecule has 0 aliphatic rings. The van der Waals surface area contributed by atoms with E-state index in [1.165, 1.54) is 34.5 Å². The van der Waals surface area contributed by atoms with Crippen LogP contribution in [0.4, 0.5) is 0 Å². The van der Waals surface area contributed by atoms with Crippen LogP contribution in [-0.2, 0) is 23.4 Å². The quantitative estimate of drug-likeness (QED) is 0.300. The van der Waals surface area contributed by atoms with E-state index < -0.39 is 9.84 Å². The third-order valence-corrected chi connectivity index (χ3v) is 8.14. The summed E-state index contributed by atoms with van der Waals surface area (Å²) < 4.78 is 26.6. The van der Waals surface area contributed by atoms with Crippen molar-refractivity contribution >= 4 is 38.5 Å². The van der Waals surface area contributed by atoms with Crippen molar-refractivity contribution in [3.8, 4) is 5.69 Å². The fraction of sp³-hybridized carbons (Fsp3) is 0.148. The van der Waals surface area contributed by atoms with E-state index in [2.05, 4.69) is 20.3 Å². The third kappa shape index (κ3) is 5.61. The van der Waals surface area contributed by atoms with Crippen molar-refractivity contribution in [1.82, 2.24) is 29.4 Å². The third-order valence-electron chi connectivity index (χ3n) is 6.07. The Labute approximate surface area is 228 Å². The summed E-state index contributed by atoms with van der Waals surface area (Å²) in [5, 5.41) is 4.75. The molecule has 0 spiro atoms. The minimum absolute atomic E-state index is 0.222. The molecule has 198 valence electrons. The molecule has 0 saturated carbocycles. The second-order valence-corrected chi connectivity index (χ2v) is 11.9. The highest BCUT2D eigenvalue weighted by Gasteiger charge is 2.15. The summed E-state index contributed by atoms with van der Waals surface area (Å²) in [6.45, 7) is 2.10. The molecule has 0 aliphatic heterocycles. The first-order valence-electron chi connectivity index (χ1n) is 11.8. The van der Waals surface area contributed by atoms with Gasteiger partial charge in [0.25, 0.3) is 11.5 Å². The van der Waals surface area contributed by atoms with Crippen molar-refractivity contribution < 1.29 is 13.2 Å². The number of nitrogens with one attached hydrogen (secondary N) is 1. The van der Waals surface area contributed by atoms with Crippen molar-refractivity contribution in [3.63, 3.8) is 0 Å². The summed E-state index contributed by atoms with van der Waals surface area (Å²) in [4.78, 5) is 39.5. The van der Waals surface area contributed by atoms with Gasteiger partial charge in [0.15, 0.2) is 25.8 Å². The van der Waals surface area contributed by atoms with Gasteiger partial charge in [0.05, 0.1) is 16.3 Å². The second-order valence-electron chi connectivity index (χ2n) is 8.90. The van der Waals surface area contributed by atoms with Crippen LogP contribution in [0.5, 0.6) is 0 Å². The Morgan fingerprint density at radius 2 is 1.72 bits per heavy atom. The van der Waals surface area contributed by atoms with Crippen LogP contribution in [0.1, 0.15) is 21.6 Å². The maximum absolute atomic E-state index is 13.0. The van der Waals surface area contributed by atoms with E-state index >= 15 is 0 Å². The molecule has 1 N–H and O–H groups in total. The molecule has 0 unspecified atom stereocenters. The number of hydrogen-bond donors (Lipinski definition) is 1. The molecule has 39 heavy (non-hydrogen) atoms. The highest BCUT2D eigenvalue weighted by Crippen LogP contribution is 2.26. The SMILES string of the molecule is Cc1nc(Sc2nccn2C)nc2c1ccc(=O)n2-c1ccc(C(=O)NCc2ccc(S(C)(=O)=O)cc2)cc1. The number of carbonyl (C=O) groups excluding carboxylic acids is 1. The van der Waals surface area contributed by atoms with Gasteiger partial charge in [0, 0.05) is 49.3 Å². The molecule has 5 rings (SSSR count). The number of fused-ring (bicyclic) bond motifs is 1. The first-order chi connectivity index (χ1) is 18.6. The number of pyridine rings is 1. The van der Waals surface area contributed by atoms with Gasteiger partial charge < -0.3 is 9.88 Å². The zero-order valence-corrected chi connectivity index (χ0v) is 23.0. The molecule has 1 amide bonds. The van der Waals surface area contributed by atoms with Gasteiger partial charge in [-0.2, -0.15) is 0 Å². The van der Waals surface area contributed by atoms with Crippen LogP contribution in [0.15, 0.2) is 93.1 Å². The van der Waals surface area contributed by atoms with Gasteiger partial charge in [0.2, 0.25) is 0 Å². The Kier molecular flexibility index (Phi) is 7.06. The molecule has 0 fully saturated rings. The van der Waals surface area contributed by atoms with E-state index in [1.807, 2.05) is 24.7 Å². The number of imidazole rings is 1. The van der Waals surface area contributed by atoms with Gasteiger partial charge in [-0.1, -0.05) is 12.1 Å². The molecule has 5 aromatic rings. The number of amides is 1. The molecule has 0 bridgehead atoms. The van der Waals surface area contributed by atoms with Crippen LogP contribution in [0.3, 0.4) is 0 Å². The highest BCUT2D eigenvalue weighted by molar-refractivity contribution is 7.99. The molecule has 3 aromatic heterocycles. The topological polar surface area (TPSA) is 129 Å². The Morgan fingerprint density at radius 1 is 1.00 bits per heavy atom. The van der Waals surface area contributed by atoms with E-state index in [9.17, 15) is 18.0 Å². The van der Waals surface area contributed by atoms with Crippen molar-refractivity contribution in [2.75, 3.05) is 6.26 Å². The molecular weight excluding hydrogens is 536 g/mol. The van der Waals surface area contributed by atoms with Crippen LogP contribution in [-0.4, -0.2) is 44.7 Å². The predicted octanol–water partition coefficient (Wildman–Crippen LogP) is 3.31. The predicted molar refractivity (Wildman–Crippen MR) is 148 cm³/mol. The zero-order valence-electron chi connectivity index (χ0n) is 21.3. The molecule has 12 heteroatoms. The van der Waals surface area contributed by atoms with Gasteiger partial charge in [-0.15, -0.1) is 0 Å². The molecular formula is C27H24N6O4S2. The van der Waals surface area contributed by atoms with E-state index in [4.69, 9.17) is 0 Å². The van der Waals surface area contributed by atoms with Crippen molar-refractivity contribution in [3.05, 3.63) is 100 Å². The normalized spacial score (nSPS) is 11.6. The smallest absolute Gasteiger partial charge is 0.256 e. The number of nitrogens with zero attached hydrogens (tertiary/aromatic N) is 5. The first-order valence-corrected chi connectivity index (χ1v) is 14.5. The van der Waals surface area contributed by atoms with Crippen molar-refractivity contribution in [1.29, 1.82) is 0 Å². The minimum Gasteiger partial charge on any atom is -0.348 e. The Hall–Kier alpha value is -4.29. The fourth-order valence-corrected chi connectivity index (χ4v) is 5.40. The van der Waals surface area contributed by atoms with Crippen LogP contribution >= 0.6 is 11.8 Å². The molecule has 0 radical (unpaired) electrons. The lowest BCUT2D eigenvalue weighted by Gasteiger charge is -2.12. The lowest BCUT2D eigenvalue weighted by atomic mass is 10.1. The second kappa shape index (κ2) is 10.5. The van der Waals surface area contributed by atoms with E-state index in [-0.39, 0.29) is 22.9 Å². The van der Waals surface area contributed by atoms with Gasteiger partial charge in [-0.25, -0.2) is 23.4 Å². The van der Waals surface area contributed by atoms with E-state index in [1.54, 1.807) is 48.7 Å². The van der Waals surface area contributed by atoms with Gasteiger partial charge in [-0.3, -0.25) is 14.2 Å². The van der Waals surface area contributed by atoms with Crippen LogP contribution in [0, 0.1) is 6.92 Å². The van der Waals surface area contributed by atoms with Crippen LogP contribution in [0.2, 0.25) is 0 Å². The minimum atomic E-state index is -3.28. The molecule has 0 saturated heterocycles. The van der Waals surface area contributed by atoms with Crippen molar-refractivity contribution in [2.45, 2.75) is 28.7 Å². The van der Waals surface area contributed by atoms with Gasteiger partial charge in [0.1, 0.15) is 0 Å². The maximum Gasteiger partial charge on any atom is 0.256 e. The number of aryl methyl sites for hydroxylation is 2. The monoisotopic (exact) mass is 560 g/mol. The average Bonchev–Trinajstić information content (AvgIpc) is 3.31. The molecule has 10 nitrogen and oxygen atoms in total. The maximum atomic E-state index is 13.0. The first kappa shape index (κ1) is 26.3. The number of rotatable bonds is 7. The average molecular weight is 561 g/mol. The van der Waals surface area contributed by atoms with Gasteiger partial charge >= 0.3 is 0 Å². The zero-order chi connectivity index (χ0) is 27.7. The largest absolute Gasteiger partial charge is 0.348 e. The van der Waals surface area contributed by atoms with E-state index in [0.29, 0.717) is 22.1 Å². The Morgan fingerprint density at radius 3 is 2.36 bits per heavy atom. The van der Waals surface area contributed by atoms with Gasteiger partial charge in [-0.05, 0) is 66.7 Å². The lowest BCUT2D eigenvalue weighted by molar-refractivity contribution is 0.0951. The van der Waals surface area contributed by atoms with Crippen LogP contribution < -0.4 is 10.9 Å². The summed E-state index contributed by atoms with van der Waals surface area (Å²) in [6, 6.07) is 16.2. The number of sulfone groups is 1.